The Kier molecular flexibility index (Phi) is 5.37. The lowest BCUT2D eigenvalue weighted by Gasteiger charge is -2.47. The summed E-state index contributed by atoms with van der Waals surface area (Å²) in [6.45, 7) is 10.1. The summed E-state index contributed by atoms with van der Waals surface area (Å²) in [5.41, 5.74) is 2.57. The second-order valence-electron chi connectivity index (χ2n) is 8.30. The van der Waals surface area contributed by atoms with Crippen molar-refractivity contribution < 1.29 is 19.0 Å². The predicted octanol–water partition coefficient (Wildman–Crippen LogP) is 4.15. The number of ether oxygens (including phenoxy) is 3. The molecule has 1 saturated carbocycles. The number of benzene rings is 1. The lowest BCUT2D eigenvalue weighted by molar-refractivity contribution is -0.146. The molecular weight excluding hydrogens is 354 g/mol. The molecule has 5 nitrogen and oxygen atoms in total. The van der Waals surface area contributed by atoms with Gasteiger partial charge in [0.15, 0.2) is 11.5 Å². The highest BCUT2D eigenvalue weighted by Crippen LogP contribution is 2.52. The van der Waals surface area contributed by atoms with Crippen molar-refractivity contribution in [2.75, 3.05) is 26.4 Å². The van der Waals surface area contributed by atoms with Gasteiger partial charge in [0.2, 0.25) is 0 Å². The molecular formula is C23H31NO4. The van der Waals surface area contributed by atoms with Crippen LogP contribution in [0.15, 0.2) is 24.8 Å². The highest BCUT2D eigenvalue weighted by atomic mass is 16.6. The smallest absolute Gasteiger partial charge is 0.251 e. The number of carbonyl (C=O) groups excluding carboxylic acids is 1. The van der Waals surface area contributed by atoms with Gasteiger partial charge in [0.05, 0.1) is 12.6 Å². The summed E-state index contributed by atoms with van der Waals surface area (Å²) in [6.07, 6.45) is 6.76. The molecule has 2 atom stereocenters. The summed E-state index contributed by atoms with van der Waals surface area (Å²) < 4.78 is 17.5. The van der Waals surface area contributed by atoms with Crippen molar-refractivity contribution in [1.82, 2.24) is 4.90 Å². The highest BCUT2D eigenvalue weighted by Gasteiger charge is 2.47. The van der Waals surface area contributed by atoms with Crippen LogP contribution in [0.4, 0.5) is 0 Å². The van der Waals surface area contributed by atoms with Crippen molar-refractivity contribution in [3.8, 4) is 11.5 Å². The monoisotopic (exact) mass is 385 g/mol. The summed E-state index contributed by atoms with van der Waals surface area (Å²) in [5.74, 6) is 1.72. The third-order valence-corrected chi connectivity index (χ3v) is 6.56. The highest BCUT2D eigenvalue weighted by molar-refractivity contribution is 5.81. The van der Waals surface area contributed by atoms with E-state index in [4.69, 9.17) is 14.2 Å². The molecule has 1 spiro atoms. The molecule has 0 bridgehead atoms. The van der Waals surface area contributed by atoms with Crippen LogP contribution in [0.1, 0.15) is 63.1 Å². The number of amides is 1. The van der Waals surface area contributed by atoms with E-state index in [2.05, 4.69) is 25.6 Å². The third-order valence-electron chi connectivity index (χ3n) is 6.56. The average molecular weight is 386 g/mol. The van der Waals surface area contributed by atoms with E-state index in [1.165, 1.54) is 24.0 Å². The SMILES string of the molecule is C=CCCOC(C)C(=O)N1CC2(CCCC2)c2cc3c(cc2C1C)OCCO3. The maximum absolute atomic E-state index is 13.3. The first-order chi connectivity index (χ1) is 13.6. The molecule has 5 heteroatoms. The van der Waals surface area contributed by atoms with Gasteiger partial charge in [-0.2, -0.15) is 0 Å². The minimum atomic E-state index is -0.445. The van der Waals surface area contributed by atoms with Gasteiger partial charge >= 0.3 is 0 Å². The molecule has 0 radical (unpaired) electrons. The first kappa shape index (κ1) is 19.3. The Morgan fingerprint density at radius 2 is 2.00 bits per heavy atom. The molecule has 0 saturated heterocycles. The molecule has 3 aliphatic rings. The Balaban J connectivity index is 1.67. The zero-order valence-electron chi connectivity index (χ0n) is 17.0. The zero-order valence-corrected chi connectivity index (χ0v) is 17.0. The van der Waals surface area contributed by atoms with Crippen LogP contribution < -0.4 is 9.47 Å². The second-order valence-corrected chi connectivity index (χ2v) is 8.30. The van der Waals surface area contributed by atoms with Crippen molar-refractivity contribution in [2.24, 2.45) is 0 Å². The Labute approximate surface area is 167 Å². The number of hydrogen-bond donors (Lipinski definition) is 0. The number of carbonyl (C=O) groups is 1. The van der Waals surface area contributed by atoms with Gasteiger partial charge in [0, 0.05) is 12.0 Å². The topological polar surface area (TPSA) is 48.0 Å². The Morgan fingerprint density at radius 3 is 2.68 bits per heavy atom. The normalized spacial score (nSPS) is 23.4. The van der Waals surface area contributed by atoms with E-state index in [0.29, 0.717) is 19.8 Å². The molecule has 0 N–H and O–H groups in total. The van der Waals surface area contributed by atoms with Gasteiger partial charge in [-0.3, -0.25) is 4.79 Å². The average Bonchev–Trinajstić information content (AvgIpc) is 3.18. The van der Waals surface area contributed by atoms with E-state index in [0.717, 1.165) is 37.3 Å². The molecule has 1 aromatic carbocycles. The van der Waals surface area contributed by atoms with Crippen LogP contribution in [-0.4, -0.2) is 43.3 Å². The van der Waals surface area contributed by atoms with Crippen LogP contribution in [0.2, 0.25) is 0 Å². The molecule has 2 aliphatic heterocycles. The van der Waals surface area contributed by atoms with E-state index in [9.17, 15) is 4.79 Å². The molecule has 28 heavy (non-hydrogen) atoms. The molecule has 1 amide bonds. The molecule has 1 aliphatic carbocycles. The van der Waals surface area contributed by atoms with E-state index in [1.54, 1.807) is 0 Å². The van der Waals surface area contributed by atoms with Crippen molar-refractivity contribution >= 4 is 5.91 Å². The molecule has 2 heterocycles. The zero-order chi connectivity index (χ0) is 19.7. The van der Waals surface area contributed by atoms with E-state index in [-0.39, 0.29) is 17.4 Å². The second kappa shape index (κ2) is 7.78. The van der Waals surface area contributed by atoms with Gasteiger partial charge in [-0.1, -0.05) is 18.9 Å². The van der Waals surface area contributed by atoms with Crippen LogP contribution >= 0.6 is 0 Å². The fourth-order valence-corrected chi connectivity index (χ4v) is 5.01. The minimum absolute atomic E-state index is 0.00462. The summed E-state index contributed by atoms with van der Waals surface area (Å²) in [5, 5.41) is 0. The van der Waals surface area contributed by atoms with Crippen LogP contribution in [-0.2, 0) is 14.9 Å². The summed E-state index contributed by atoms with van der Waals surface area (Å²) in [4.78, 5) is 15.3. The van der Waals surface area contributed by atoms with Crippen molar-refractivity contribution in [3.05, 3.63) is 35.9 Å². The van der Waals surface area contributed by atoms with Gasteiger partial charge in [-0.15, -0.1) is 6.58 Å². The third kappa shape index (κ3) is 3.30. The first-order valence-electron chi connectivity index (χ1n) is 10.5. The predicted molar refractivity (Wildman–Crippen MR) is 108 cm³/mol. The van der Waals surface area contributed by atoms with Gasteiger partial charge in [-0.25, -0.2) is 0 Å². The Bertz CT molecular complexity index is 753. The maximum atomic E-state index is 13.3. The van der Waals surface area contributed by atoms with Crippen molar-refractivity contribution in [3.63, 3.8) is 0 Å². The van der Waals surface area contributed by atoms with E-state index < -0.39 is 6.10 Å². The summed E-state index contributed by atoms with van der Waals surface area (Å²) in [7, 11) is 0. The Hall–Kier alpha value is -2.01. The lowest BCUT2D eigenvalue weighted by atomic mass is 9.71. The minimum Gasteiger partial charge on any atom is -0.486 e. The maximum Gasteiger partial charge on any atom is 0.251 e. The molecule has 1 fully saturated rings. The molecule has 152 valence electrons. The van der Waals surface area contributed by atoms with E-state index in [1.807, 2.05) is 17.9 Å². The van der Waals surface area contributed by atoms with Gasteiger partial charge in [-0.05, 0) is 56.4 Å². The van der Waals surface area contributed by atoms with Crippen LogP contribution in [0, 0.1) is 0 Å². The molecule has 2 unspecified atom stereocenters. The van der Waals surface area contributed by atoms with E-state index >= 15 is 0 Å². The molecule has 4 rings (SSSR count). The summed E-state index contributed by atoms with van der Waals surface area (Å²) in [6, 6.07) is 4.30. The quantitative estimate of drug-likeness (QED) is 0.564. The van der Waals surface area contributed by atoms with Gasteiger partial charge < -0.3 is 19.1 Å². The first-order valence-corrected chi connectivity index (χ1v) is 10.5. The van der Waals surface area contributed by atoms with Gasteiger partial charge in [0.1, 0.15) is 19.3 Å². The fourth-order valence-electron chi connectivity index (χ4n) is 5.01. The van der Waals surface area contributed by atoms with Gasteiger partial charge in [0.25, 0.3) is 5.91 Å². The van der Waals surface area contributed by atoms with Crippen LogP contribution in [0.25, 0.3) is 0 Å². The van der Waals surface area contributed by atoms with Crippen LogP contribution in [0.5, 0.6) is 11.5 Å². The van der Waals surface area contributed by atoms with Crippen molar-refractivity contribution in [2.45, 2.75) is 63.5 Å². The molecule has 0 aromatic heterocycles. The largest absolute Gasteiger partial charge is 0.486 e. The number of rotatable bonds is 5. The van der Waals surface area contributed by atoms with Crippen LogP contribution in [0.3, 0.4) is 0 Å². The van der Waals surface area contributed by atoms with Crippen molar-refractivity contribution in [1.29, 1.82) is 0 Å². The number of fused-ring (bicyclic) bond motifs is 3. The standard InChI is InChI=1S/C23H31NO4/c1-4-5-10-26-17(3)22(25)24-15-23(8-6-7-9-23)19-14-21-20(27-11-12-28-21)13-18(19)16(24)2/h4,13-14,16-17H,1,5-12,15H2,2-3H3. The number of nitrogens with zero attached hydrogens (tertiary/aromatic N) is 1. The molecule has 1 aromatic rings. The fraction of sp³-hybridized carbons (Fsp3) is 0.609. The Morgan fingerprint density at radius 1 is 1.32 bits per heavy atom. The lowest BCUT2D eigenvalue weighted by Crippen LogP contribution is -2.51. The summed E-state index contributed by atoms with van der Waals surface area (Å²) >= 11 is 0. The number of hydrogen-bond acceptors (Lipinski definition) is 4.